The van der Waals surface area contributed by atoms with E-state index in [4.69, 9.17) is 0 Å². The second kappa shape index (κ2) is 5.41. The third-order valence-corrected chi connectivity index (χ3v) is 4.25. The molecule has 0 saturated heterocycles. The Balaban J connectivity index is 1.86. The molecular formula is C15H13N3O2S. The summed E-state index contributed by atoms with van der Waals surface area (Å²) in [6.45, 7) is 0. The number of sulfonamides is 1. The Morgan fingerprint density at radius 2 is 1.81 bits per heavy atom. The normalized spacial score (nSPS) is 12.0. The SMILES string of the molecule is O=S(=O)(N/N=C/c1ccc[nH]1)c1ccc2ccccc2c1. The van der Waals surface area contributed by atoms with Gasteiger partial charge in [-0.1, -0.05) is 30.3 Å². The van der Waals surface area contributed by atoms with Gasteiger partial charge in [-0.3, -0.25) is 0 Å². The van der Waals surface area contributed by atoms with Gasteiger partial charge in [0.15, 0.2) is 0 Å². The van der Waals surface area contributed by atoms with E-state index in [-0.39, 0.29) is 4.90 Å². The smallest absolute Gasteiger partial charge is 0.276 e. The van der Waals surface area contributed by atoms with Gasteiger partial charge in [0.1, 0.15) is 0 Å². The van der Waals surface area contributed by atoms with Gasteiger partial charge >= 0.3 is 0 Å². The summed E-state index contributed by atoms with van der Waals surface area (Å²) in [6.07, 6.45) is 3.15. The number of hydrogen-bond donors (Lipinski definition) is 2. The van der Waals surface area contributed by atoms with Gasteiger partial charge < -0.3 is 4.98 Å². The monoisotopic (exact) mass is 299 g/mol. The minimum atomic E-state index is -3.67. The molecule has 3 rings (SSSR count). The van der Waals surface area contributed by atoms with E-state index < -0.39 is 10.0 Å². The summed E-state index contributed by atoms with van der Waals surface area (Å²) in [4.78, 5) is 5.29. The maximum Gasteiger partial charge on any atom is 0.276 e. The summed E-state index contributed by atoms with van der Waals surface area (Å²) < 4.78 is 24.3. The molecule has 5 nitrogen and oxygen atoms in total. The van der Waals surface area contributed by atoms with Crippen LogP contribution in [0, 0.1) is 0 Å². The molecule has 1 aromatic heterocycles. The second-order valence-corrected chi connectivity index (χ2v) is 6.15. The van der Waals surface area contributed by atoms with Gasteiger partial charge in [0.25, 0.3) is 10.0 Å². The highest BCUT2D eigenvalue weighted by atomic mass is 32.2. The molecule has 2 N–H and O–H groups in total. The molecule has 0 spiro atoms. The maximum absolute atomic E-state index is 12.2. The summed E-state index contributed by atoms with van der Waals surface area (Å²) in [5.41, 5.74) is 0.719. The zero-order valence-electron chi connectivity index (χ0n) is 11.0. The third-order valence-electron chi connectivity index (χ3n) is 3.03. The number of hydrazone groups is 1. The highest BCUT2D eigenvalue weighted by Gasteiger charge is 2.12. The maximum atomic E-state index is 12.2. The molecule has 0 radical (unpaired) electrons. The van der Waals surface area contributed by atoms with E-state index in [9.17, 15) is 8.42 Å². The van der Waals surface area contributed by atoms with Crippen LogP contribution in [0.5, 0.6) is 0 Å². The van der Waals surface area contributed by atoms with E-state index in [1.807, 2.05) is 24.3 Å². The fourth-order valence-electron chi connectivity index (χ4n) is 1.98. The summed E-state index contributed by atoms with van der Waals surface area (Å²) >= 11 is 0. The van der Waals surface area contributed by atoms with Crippen LogP contribution in [-0.4, -0.2) is 19.6 Å². The highest BCUT2D eigenvalue weighted by Crippen LogP contribution is 2.18. The van der Waals surface area contributed by atoms with Crippen molar-refractivity contribution in [2.24, 2.45) is 5.10 Å². The first-order valence-electron chi connectivity index (χ1n) is 6.32. The number of nitrogens with zero attached hydrogens (tertiary/aromatic N) is 1. The number of nitrogens with one attached hydrogen (secondary N) is 2. The zero-order valence-corrected chi connectivity index (χ0v) is 11.8. The molecule has 0 unspecified atom stereocenters. The molecule has 0 saturated carbocycles. The van der Waals surface area contributed by atoms with Gasteiger partial charge in [-0.25, -0.2) is 4.83 Å². The van der Waals surface area contributed by atoms with Crippen LogP contribution in [0.1, 0.15) is 5.69 Å². The fourth-order valence-corrected chi connectivity index (χ4v) is 2.80. The van der Waals surface area contributed by atoms with Gasteiger partial charge in [0, 0.05) is 6.20 Å². The molecule has 6 heteroatoms. The Hall–Kier alpha value is -2.60. The van der Waals surface area contributed by atoms with Gasteiger partial charge in [-0.15, -0.1) is 0 Å². The highest BCUT2D eigenvalue weighted by molar-refractivity contribution is 7.89. The summed E-state index contributed by atoms with van der Waals surface area (Å²) in [7, 11) is -3.67. The molecule has 1 heterocycles. The standard InChI is InChI=1S/C15H13N3O2S/c19-21(20,18-17-11-14-6-3-9-16-14)15-8-7-12-4-1-2-5-13(12)10-15/h1-11,16,18H/b17-11+. The fraction of sp³-hybridized carbons (Fsp3) is 0. The van der Waals surface area contributed by atoms with Crippen molar-refractivity contribution in [1.29, 1.82) is 0 Å². The van der Waals surface area contributed by atoms with E-state index in [0.29, 0.717) is 0 Å². The van der Waals surface area contributed by atoms with E-state index in [1.165, 1.54) is 6.21 Å². The van der Waals surface area contributed by atoms with Crippen LogP contribution in [0.15, 0.2) is 70.8 Å². The van der Waals surface area contributed by atoms with Crippen molar-refractivity contribution in [3.05, 3.63) is 66.5 Å². The number of rotatable bonds is 4. The predicted molar refractivity (Wildman–Crippen MR) is 82.7 cm³/mol. The molecule has 0 aliphatic carbocycles. The number of H-pyrrole nitrogens is 1. The van der Waals surface area contributed by atoms with Crippen LogP contribution in [0.25, 0.3) is 10.8 Å². The largest absolute Gasteiger partial charge is 0.360 e. The number of aromatic nitrogens is 1. The lowest BCUT2D eigenvalue weighted by Gasteiger charge is -2.04. The first-order chi connectivity index (χ1) is 10.1. The third kappa shape index (κ3) is 2.95. The van der Waals surface area contributed by atoms with E-state index >= 15 is 0 Å². The molecule has 21 heavy (non-hydrogen) atoms. The van der Waals surface area contributed by atoms with Crippen molar-refractivity contribution in [2.75, 3.05) is 0 Å². The van der Waals surface area contributed by atoms with Crippen molar-refractivity contribution in [1.82, 2.24) is 9.82 Å². The van der Waals surface area contributed by atoms with Gasteiger partial charge in [0.05, 0.1) is 16.8 Å². The lowest BCUT2D eigenvalue weighted by Crippen LogP contribution is -2.18. The van der Waals surface area contributed by atoms with Crippen LogP contribution < -0.4 is 4.83 Å². The van der Waals surface area contributed by atoms with Gasteiger partial charge in [-0.05, 0) is 35.0 Å². The van der Waals surface area contributed by atoms with Gasteiger partial charge in [0.2, 0.25) is 0 Å². The van der Waals surface area contributed by atoms with Crippen LogP contribution in [-0.2, 0) is 10.0 Å². The molecule has 0 aliphatic rings. The van der Waals surface area contributed by atoms with E-state index in [1.54, 1.807) is 36.5 Å². The van der Waals surface area contributed by atoms with Gasteiger partial charge in [-0.2, -0.15) is 13.5 Å². The summed E-state index contributed by atoms with van der Waals surface area (Å²) in [6, 6.07) is 16.1. The molecule has 0 fully saturated rings. The quantitative estimate of drug-likeness (QED) is 0.573. The zero-order chi connectivity index (χ0) is 14.7. The van der Waals surface area contributed by atoms with Crippen molar-refractivity contribution in [3.63, 3.8) is 0 Å². The molecule has 0 atom stereocenters. The molecule has 2 aromatic carbocycles. The Morgan fingerprint density at radius 1 is 1.00 bits per heavy atom. The number of aromatic amines is 1. The molecule has 0 aliphatic heterocycles. The molecule has 3 aromatic rings. The average molecular weight is 299 g/mol. The molecule has 0 amide bonds. The van der Waals surface area contributed by atoms with Crippen molar-refractivity contribution < 1.29 is 8.42 Å². The lowest BCUT2D eigenvalue weighted by molar-refractivity contribution is 0.585. The van der Waals surface area contributed by atoms with Crippen LogP contribution in [0.3, 0.4) is 0 Å². The predicted octanol–water partition coefficient (Wildman–Crippen LogP) is 2.48. The van der Waals surface area contributed by atoms with Crippen molar-refractivity contribution in [3.8, 4) is 0 Å². The Kier molecular flexibility index (Phi) is 3.45. The molecule has 0 bridgehead atoms. The molecule has 106 valence electrons. The minimum absolute atomic E-state index is 0.185. The van der Waals surface area contributed by atoms with Crippen LogP contribution in [0.2, 0.25) is 0 Å². The topological polar surface area (TPSA) is 74.3 Å². The summed E-state index contributed by atoms with van der Waals surface area (Å²) in [5.74, 6) is 0. The first kappa shape index (κ1) is 13.4. The number of fused-ring (bicyclic) bond motifs is 1. The Labute approximate surface area is 122 Å². The summed E-state index contributed by atoms with van der Waals surface area (Å²) in [5, 5.41) is 5.61. The average Bonchev–Trinajstić information content (AvgIpc) is 3.00. The number of hydrogen-bond acceptors (Lipinski definition) is 3. The first-order valence-corrected chi connectivity index (χ1v) is 7.80. The van der Waals surface area contributed by atoms with E-state index in [2.05, 4.69) is 14.9 Å². The molecular weight excluding hydrogens is 286 g/mol. The second-order valence-electron chi connectivity index (χ2n) is 4.49. The van der Waals surface area contributed by atoms with Crippen LogP contribution >= 0.6 is 0 Å². The lowest BCUT2D eigenvalue weighted by atomic mass is 10.1. The van der Waals surface area contributed by atoms with E-state index in [0.717, 1.165) is 16.5 Å². The minimum Gasteiger partial charge on any atom is -0.360 e. The Bertz CT molecular complexity index is 884. The van der Waals surface area contributed by atoms with Crippen LogP contribution in [0.4, 0.5) is 0 Å². The Morgan fingerprint density at radius 3 is 2.57 bits per heavy atom. The number of benzene rings is 2. The van der Waals surface area contributed by atoms with Crippen molar-refractivity contribution >= 4 is 27.0 Å². The van der Waals surface area contributed by atoms with Crippen molar-refractivity contribution in [2.45, 2.75) is 4.90 Å².